The van der Waals surface area contributed by atoms with E-state index in [0.717, 1.165) is 32.4 Å². The Balaban J connectivity index is 1.26. The Morgan fingerprint density at radius 1 is 1.00 bits per heavy atom. The summed E-state index contributed by atoms with van der Waals surface area (Å²) in [6, 6.07) is 5.53. The van der Waals surface area contributed by atoms with Crippen LogP contribution in [0.15, 0.2) is 46.0 Å². The lowest BCUT2D eigenvalue weighted by Crippen LogP contribution is -2.50. The molecule has 37 heavy (non-hydrogen) atoms. The fourth-order valence-corrected chi connectivity index (χ4v) is 7.83. The Morgan fingerprint density at radius 3 is 2.41 bits per heavy atom. The van der Waals surface area contributed by atoms with E-state index >= 15 is 0 Å². The zero-order chi connectivity index (χ0) is 25.8. The average Bonchev–Trinajstić information content (AvgIpc) is 3.47. The standard InChI is InChI=1S/C26H35ClN4O5S/c27-20-7-9-23(10-8-20)37(33,34)31-22(5-4-6-24(31)25-28-13-18-35-25)19-36-26(32)30-16-11-21(12-17-30)29-14-2-1-3-15-29/h7-10,13,18,21-22,24H,1-6,11-12,14-17,19H2/t22-,24+/m1/s1. The predicted molar refractivity (Wildman–Crippen MR) is 139 cm³/mol. The molecule has 3 fully saturated rings. The molecule has 1 aromatic heterocycles. The lowest BCUT2D eigenvalue weighted by atomic mass is 9.99. The lowest BCUT2D eigenvalue weighted by molar-refractivity contribution is 0.0424. The number of nitrogens with zero attached hydrogens (tertiary/aromatic N) is 4. The van der Waals surface area contributed by atoms with Crippen molar-refractivity contribution >= 4 is 27.7 Å². The molecular weight excluding hydrogens is 516 g/mol. The summed E-state index contributed by atoms with van der Waals surface area (Å²) in [5.41, 5.74) is 0. The first-order chi connectivity index (χ1) is 17.9. The number of rotatable bonds is 6. The summed E-state index contributed by atoms with van der Waals surface area (Å²) in [6.45, 7) is 3.61. The molecule has 0 radical (unpaired) electrons. The fourth-order valence-electron chi connectivity index (χ4n) is 5.89. The average molecular weight is 551 g/mol. The summed E-state index contributed by atoms with van der Waals surface area (Å²) in [5.74, 6) is 0.341. The van der Waals surface area contributed by atoms with E-state index < -0.39 is 22.1 Å². The van der Waals surface area contributed by atoms with E-state index in [-0.39, 0.29) is 17.6 Å². The van der Waals surface area contributed by atoms with Gasteiger partial charge >= 0.3 is 6.09 Å². The largest absolute Gasteiger partial charge is 0.448 e. The summed E-state index contributed by atoms with van der Waals surface area (Å²) in [5, 5.41) is 0.455. The number of halogens is 1. The first-order valence-corrected chi connectivity index (χ1v) is 15.1. The molecule has 0 saturated carbocycles. The highest BCUT2D eigenvalue weighted by atomic mass is 35.5. The molecule has 2 atom stereocenters. The minimum atomic E-state index is -3.93. The van der Waals surface area contributed by atoms with Gasteiger partial charge in [0, 0.05) is 24.2 Å². The number of hydrogen-bond donors (Lipinski definition) is 0. The summed E-state index contributed by atoms with van der Waals surface area (Å²) in [4.78, 5) is 21.7. The van der Waals surface area contributed by atoms with Crippen LogP contribution < -0.4 is 0 Å². The second-order valence-electron chi connectivity index (χ2n) is 10.2. The number of oxazole rings is 1. The van der Waals surface area contributed by atoms with E-state index in [2.05, 4.69) is 9.88 Å². The summed E-state index contributed by atoms with van der Waals surface area (Å²) < 4.78 is 40.3. The molecule has 3 aliphatic rings. The number of ether oxygens (including phenoxy) is 1. The first-order valence-electron chi connectivity index (χ1n) is 13.3. The number of sulfonamides is 1. The molecule has 1 amide bonds. The van der Waals surface area contributed by atoms with Gasteiger partial charge in [-0.3, -0.25) is 0 Å². The van der Waals surface area contributed by atoms with Crippen molar-refractivity contribution in [1.82, 2.24) is 19.1 Å². The Kier molecular flexibility index (Phi) is 8.38. The van der Waals surface area contributed by atoms with Gasteiger partial charge in [0.2, 0.25) is 15.9 Å². The monoisotopic (exact) mass is 550 g/mol. The van der Waals surface area contributed by atoms with Crippen LogP contribution in [0.5, 0.6) is 0 Å². The van der Waals surface area contributed by atoms with Crippen LogP contribution in [0.1, 0.15) is 63.3 Å². The van der Waals surface area contributed by atoms with Crippen molar-refractivity contribution in [3.63, 3.8) is 0 Å². The van der Waals surface area contributed by atoms with Crippen molar-refractivity contribution in [2.24, 2.45) is 0 Å². The highest BCUT2D eigenvalue weighted by Gasteiger charge is 2.43. The molecule has 0 bridgehead atoms. The van der Waals surface area contributed by atoms with Gasteiger partial charge in [-0.1, -0.05) is 18.0 Å². The van der Waals surface area contributed by atoms with Crippen molar-refractivity contribution in [2.45, 2.75) is 74.4 Å². The van der Waals surface area contributed by atoms with E-state index in [9.17, 15) is 13.2 Å². The van der Waals surface area contributed by atoms with Crippen molar-refractivity contribution in [1.29, 1.82) is 0 Å². The Hall–Kier alpha value is -2.14. The lowest BCUT2D eigenvalue weighted by Gasteiger charge is -2.41. The van der Waals surface area contributed by atoms with Gasteiger partial charge in [0.15, 0.2) is 0 Å². The summed E-state index contributed by atoms with van der Waals surface area (Å²) in [6.07, 6.45) is 10.2. The van der Waals surface area contributed by atoms with E-state index in [0.29, 0.717) is 42.9 Å². The van der Waals surface area contributed by atoms with Crippen LogP contribution in [0.2, 0.25) is 5.02 Å². The Bertz CT molecular complexity index is 1130. The third-order valence-electron chi connectivity index (χ3n) is 7.84. The van der Waals surface area contributed by atoms with Crippen LogP contribution >= 0.6 is 11.6 Å². The van der Waals surface area contributed by atoms with Gasteiger partial charge in [-0.2, -0.15) is 4.31 Å². The molecule has 9 nitrogen and oxygen atoms in total. The molecule has 2 aromatic rings. The molecule has 3 aliphatic heterocycles. The van der Waals surface area contributed by atoms with Crippen molar-refractivity contribution in [2.75, 3.05) is 32.8 Å². The van der Waals surface area contributed by atoms with Gasteiger partial charge < -0.3 is 19.0 Å². The SMILES string of the molecule is O=C(OC[C@H]1CCC[C@@H](c2ncco2)N1S(=O)(=O)c1ccc(Cl)cc1)N1CCC(N2CCCCC2)CC1. The predicted octanol–water partition coefficient (Wildman–Crippen LogP) is 4.70. The molecule has 11 heteroatoms. The minimum Gasteiger partial charge on any atom is -0.448 e. The number of piperidine rings is 3. The molecule has 0 aliphatic carbocycles. The maximum Gasteiger partial charge on any atom is 0.409 e. The van der Waals surface area contributed by atoms with Crippen LogP contribution in [-0.4, -0.2) is 78.5 Å². The number of carbonyl (C=O) groups is 1. The second-order valence-corrected chi connectivity index (χ2v) is 12.4. The molecule has 202 valence electrons. The molecule has 0 unspecified atom stereocenters. The number of amides is 1. The van der Waals surface area contributed by atoms with Crippen LogP contribution in [0, 0.1) is 0 Å². The maximum absolute atomic E-state index is 13.8. The third-order valence-corrected chi connectivity index (χ3v) is 10.1. The second kappa shape index (κ2) is 11.7. The van der Waals surface area contributed by atoms with Crippen LogP contribution in [0.25, 0.3) is 0 Å². The number of likely N-dealkylation sites (tertiary alicyclic amines) is 2. The number of hydrogen-bond acceptors (Lipinski definition) is 7. The van der Waals surface area contributed by atoms with Crippen molar-refractivity contribution in [3.05, 3.63) is 47.6 Å². The molecule has 0 N–H and O–H groups in total. The zero-order valence-corrected chi connectivity index (χ0v) is 22.6. The number of carbonyl (C=O) groups excluding carboxylic acids is 1. The molecule has 0 spiro atoms. The molecule has 3 saturated heterocycles. The summed E-state index contributed by atoms with van der Waals surface area (Å²) >= 11 is 6.00. The van der Waals surface area contributed by atoms with Crippen molar-refractivity contribution < 1.29 is 22.4 Å². The minimum absolute atomic E-state index is 0.0189. The molecule has 5 rings (SSSR count). The van der Waals surface area contributed by atoms with Crippen LogP contribution in [0.3, 0.4) is 0 Å². The highest BCUT2D eigenvalue weighted by molar-refractivity contribution is 7.89. The van der Waals surface area contributed by atoms with E-state index in [1.807, 2.05) is 0 Å². The first kappa shape index (κ1) is 26.5. The molecule has 4 heterocycles. The van der Waals surface area contributed by atoms with Crippen molar-refractivity contribution in [3.8, 4) is 0 Å². The Morgan fingerprint density at radius 2 is 1.73 bits per heavy atom. The third kappa shape index (κ3) is 5.97. The van der Waals surface area contributed by atoms with Gasteiger partial charge in [0.05, 0.1) is 17.1 Å². The topological polar surface area (TPSA) is 96.2 Å². The van der Waals surface area contributed by atoms with E-state index in [4.69, 9.17) is 20.8 Å². The number of benzene rings is 1. The fraction of sp³-hybridized carbons (Fsp3) is 0.615. The molecule has 1 aromatic carbocycles. The van der Waals surface area contributed by atoms with E-state index in [1.54, 1.807) is 17.0 Å². The van der Waals surface area contributed by atoms with Crippen LogP contribution in [-0.2, 0) is 14.8 Å². The maximum atomic E-state index is 13.8. The van der Waals surface area contributed by atoms with Crippen LogP contribution in [0.4, 0.5) is 4.79 Å². The zero-order valence-electron chi connectivity index (χ0n) is 21.0. The molecular formula is C26H35ClN4O5S. The van der Waals surface area contributed by atoms with E-state index in [1.165, 1.54) is 48.2 Å². The summed E-state index contributed by atoms with van der Waals surface area (Å²) in [7, 11) is -3.93. The quantitative estimate of drug-likeness (QED) is 0.514. The van der Waals surface area contributed by atoms with Gasteiger partial charge in [0.25, 0.3) is 0 Å². The smallest absolute Gasteiger partial charge is 0.409 e. The van der Waals surface area contributed by atoms with Gasteiger partial charge in [-0.05, 0) is 82.3 Å². The normalized spacial score (nSPS) is 24.7. The van der Waals surface area contributed by atoms with Gasteiger partial charge in [0.1, 0.15) is 18.9 Å². The Labute approximate surface area is 223 Å². The van der Waals surface area contributed by atoms with Gasteiger partial charge in [-0.25, -0.2) is 18.2 Å². The van der Waals surface area contributed by atoms with Gasteiger partial charge in [-0.15, -0.1) is 0 Å². The highest BCUT2D eigenvalue weighted by Crippen LogP contribution is 2.38. The number of aromatic nitrogens is 1.